The first kappa shape index (κ1) is 16.3. The van der Waals surface area contributed by atoms with E-state index in [1.165, 1.54) is 7.11 Å². The third-order valence-electron chi connectivity index (χ3n) is 5.25. The largest absolute Gasteiger partial charge is 0.465 e. The second-order valence-corrected chi connectivity index (χ2v) is 7.66. The molecule has 0 saturated carbocycles. The summed E-state index contributed by atoms with van der Waals surface area (Å²) in [5.41, 5.74) is 3.15. The van der Waals surface area contributed by atoms with Crippen molar-refractivity contribution in [1.29, 1.82) is 0 Å². The molecule has 0 bridgehead atoms. The molecule has 0 aromatic heterocycles. The van der Waals surface area contributed by atoms with Gasteiger partial charge in [-0.3, -0.25) is 4.79 Å². The summed E-state index contributed by atoms with van der Waals surface area (Å²) in [7, 11) is 1.31. The number of fused-ring (bicyclic) bond motifs is 3. The van der Waals surface area contributed by atoms with Gasteiger partial charge < -0.3 is 9.47 Å². The third kappa shape index (κ3) is 2.41. The van der Waals surface area contributed by atoms with Gasteiger partial charge in [0.2, 0.25) is 0 Å². The van der Waals surface area contributed by atoms with Gasteiger partial charge in [0, 0.05) is 11.8 Å². The fourth-order valence-corrected chi connectivity index (χ4v) is 4.94. The van der Waals surface area contributed by atoms with Crippen molar-refractivity contribution >= 4 is 27.9 Å². The Morgan fingerprint density at radius 1 is 1.16 bits per heavy atom. The molecule has 4 atom stereocenters. The second kappa shape index (κ2) is 5.99. The van der Waals surface area contributed by atoms with Gasteiger partial charge >= 0.3 is 11.9 Å². The van der Waals surface area contributed by atoms with Crippen molar-refractivity contribution in [2.45, 2.75) is 22.8 Å². The first-order chi connectivity index (χ1) is 12.1. The van der Waals surface area contributed by atoms with Crippen molar-refractivity contribution < 1.29 is 19.1 Å². The molecule has 5 heteroatoms. The topological polar surface area (TPSA) is 52.6 Å². The lowest BCUT2D eigenvalue weighted by Gasteiger charge is -2.42. The first-order valence-corrected chi connectivity index (χ1v) is 8.98. The third-order valence-corrected chi connectivity index (χ3v) is 6.32. The van der Waals surface area contributed by atoms with Gasteiger partial charge in [-0.05, 0) is 39.0 Å². The summed E-state index contributed by atoms with van der Waals surface area (Å²) < 4.78 is 9.12. The average molecular weight is 401 g/mol. The number of ether oxygens (including phenoxy) is 2. The van der Waals surface area contributed by atoms with Gasteiger partial charge in [0.05, 0.1) is 13.0 Å². The summed E-state index contributed by atoms with van der Waals surface area (Å²) in [4.78, 5) is 25.3. The lowest BCUT2D eigenvalue weighted by atomic mass is 9.73. The van der Waals surface area contributed by atoms with Gasteiger partial charge in [0.25, 0.3) is 4.51 Å². The van der Waals surface area contributed by atoms with E-state index in [2.05, 4.69) is 15.9 Å². The van der Waals surface area contributed by atoms with Crippen LogP contribution in [0.15, 0.2) is 54.6 Å². The van der Waals surface area contributed by atoms with Crippen LogP contribution in [0, 0.1) is 5.92 Å². The molecule has 2 aliphatic rings. The maximum atomic E-state index is 12.9. The van der Waals surface area contributed by atoms with Crippen LogP contribution in [-0.2, 0) is 25.5 Å². The summed E-state index contributed by atoms with van der Waals surface area (Å²) >= 11 is 3.41. The molecular formula is C20H17BrO4. The molecule has 0 spiro atoms. The molecular weight excluding hydrogens is 384 g/mol. The number of hydrogen-bond donors (Lipinski definition) is 0. The SMILES string of the molecule is COC(=O)[C@]1(Br)OC(=O)[C@H](c2ccccc2)[C@@H]2c3ccccc3C[C@@H]21. The molecule has 2 aromatic rings. The molecule has 2 aromatic carbocycles. The Bertz CT molecular complexity index is 835. The van der Waals surface area contributed by atoms with Crippen molar-refractivity contribution in [2.24, 2.45) is 5.92 Å². The van der Waals surface area contributed by atoms with E-state index in [1.54, 1.807) is 0 Å². The molecule has 0 amide bonds. The Morgan fingerprint density at radius 3 is 2.56 bits per heavy atom. The maximum Gasteiger partial charge on any atom is 0.362 e. The van der Waals surface area contributed by atoms with Gasteiger partial charge in [-0.15, -0.1) is 0 Å². The van der Waals surface area contributed by atoms with Gasteiger partial charge in [0.1, 0.15) is 0 Å². The van der Waals surface area contributed by atoms with E-state index < -0.39 is 22.4 Å². The number of methoxy groups -OCH3 is 1. The minimum Gasteiger partial charge on any atom is -0.465 e. The minimum atomic E-state index is -1.45. The van der Waals surface area contributed by atoms with Gasteiger partial charge in [0.15, 0.2) is 0 Å². The smallest absolute Gasteiger partial charge is 0.362 e. The standard InChI is InChI=1S/C20H17BrO4/c1-24-19(23)20(21)15-11-13-9-5-6-10-14(13)17(15)16(18(22)25-20)12-7-3-2-4-8-12/h2-10,15-17H,11H2,1H3/t15-,16+,17+,20+/m0/s1. The Labute approximate surface area is 154 Å². The highest BCUT2D eigenvalue weighted by Gasteiger charge is 2.61. The van der Waals surface area contributed by atoms with Crippen molar-refractivity contribution in [2.75, 3.05) is 7.11 Å². The van der Waals surface area contributed by atoms with Crippen molar-refractivity contribution in [1.82, 2.24) is 0 Å². The van der Waals surface area contributed by atoms with Crippen LogP contribution in [0.3, 0.4) is 0 Å². The number of benzene rings is 2. The average Bonchev–Trinajstić information content (AvgIpc) is 3.02. The maximum absolute atomic E-state index is 12.9. The Kier molecular flexibility index (Phi) is 3.91. The zero-order valence-electron chi connectivity index (χ0n) is 13.6. The zero-order valence-corrected chi connectivity index (χ0v) is 15.2. The van der Waals surface area contributed by atoms with E-state index in [0.29, 0.717) is 6.42 Å². The Balaban J connectivity index is 1.87. The molecule has 1 aliphatic carbocycles. The first-order valence-electron chi connectivity index (χ1n) is 8.19. The van der Waals surface area contributed by atoms with Gasteiger partial charge in [-0.25, -0.2) is 4.79 Å². The molecule has 1 fully saturated rings. The van der Waals surface area contributed by atoms with Crippen molar-refractivity contribution in [3.05, 3.63) is 71.3 Å². The number of cyclic esters (lactones) is 1. The molecule has 0 unspecified atom stereocenters. The van der Waals surface area contributed by atoms with Crippen molar-refractivity contribution in [3.63, 3.8) is 0 Å². The highest BCUT2D eigenvalue weighted by Crippen LogP contribution is 2.57. The van der Waals surface area contributed by atoms with E-state index in [9.17, 15) is 9.59 Å². The fraction of sp³-hybridized carbons (Fsp3) is 0.300. The van der Waals surface area contributed by atoms with E-state index in [0.717, 1.165) is 16.7 Å². The van der Waals surface area contributed by atoms with E-state index >= 15 is 0 Å². The molecule has 1 aliphatic heterocycles. The predicted octanol–water partition coefficient (Wildman–Crippen LogP) is 3.55. The van der Waals surface area contributed by atoms with Crippen LogP contribution in [-0.4, -0.2) is 23.6 Å². The monoisotopic (exact) mass is 400 g/mol. The van der Waals surface area contributed by atoms with Crippen LogP contribution < -0.4 is 0 Å². The second-order valence-electron chi connectivity index (χ2n) is 6.48. The molecule has 4 nitrogen and oxygen atoms in total. The summed E-state index contributed by atoms with van der Waals surface area (Å²) in [5.74, 6) is -1.79. The number of esters is 2. The Hall–Kier alpha value is -2.14. The number of rotatable bonds is 2. The molecule has 1 saturated heterocycles. The lowest BCUT2D eigenvalue weighted by molar-refractivity contribution is -0.182. The lowest BCUT2D eigenvalue weighted by Crippen LogP contribution is -2.53. The highest BCUT2D eigenvalue weighted by molar-refractivity contribution is 9.10. The van der Waals surface area contributed by atoms with Gasteiger partial charge in [-0.1, -0.05) is 54.6 Å². The van der Waals surface area contributed by atoms with Crippen LogP contribution in [0.1, 0.15) is 28.5 Å². The van der Waals surface area contributed by atoms with Crippen LogP contribution in [0.25, 0.3) is 0 Å². The van der Waals surface area contributed by atoms with E-state index in [1.807, 2.05) is 54.6 Å². The Morgan fingerprint density at radius 2 is 1.84 bits per heavy atom. The normalized spacial score (nSPS) is 30.2. The molecule has 1 heterocycles. The quantitative estimate of drug-likeness (QED) is 0.571. The fourth-order valence-electron chi connectivity index (χ4n) is 4.17. The zero-order chi connectivity index (χ0) is 17.6. The molecule has 4 rings (SSSR count). The number of halogens is 1. The summed E-state index contributed by atoms with van der Waals surface area (Å²) in [5, 5.41) is 0. The number of alkyl halides is 1. The van der Waals surface area contributed by atoms with Crippen molar-refractivity contribution in [3.8, 4) is 0 Å². The molecule has 0 radical (unpaired) electrons. The highest BCUT2D eigenvalue weighted by atomic mass is 79.9. The molecule has 25 heavy (non-hydrogen) atoms. The van der Waals surface area contributed by atoms with Gasteiger partial charge in [-0.2, -0.15) is 0 Å². The molecule has 128 valence electrons. The molecule has 0 N–H and O–H groups in total. The van der Waals surface area contributed by atoms with E-state index in [-0.39, 0.29) is 11.8 Å². The minimum absolute atomic E-state index is 0.140. The van der Waals surface area contributed by atoms with Crippen LogP contribution in [0.4, 0.5) is 0 Å². The van der Waals surface area contributed by atoms with Crippen LogP contribution in [0.5, 0.6) is 0 Å². The number of carbonyl (C=O) groups is 2. The summed E-state index contributed by atoms with van der Waals surface area (Å²) in [6.07, 6.45) is 0.651. The van der Waals surface area contributed by atoms with Crippen LogP contribution >= 0.6 is 15.9 Å². The van der Waals surface area contributed by atoms with E-state index in [4.69, 9.17) is 9.47 Å². The predicted molar refractivity (Wildman–Crippen MR) is 95.3 cm³/mol. The summed E-state index contributed by atoms with van der Waals surface area (Å²) in [6, 6.07) is 17.6. The summed E-state index contributed by atoms with van der Waals surface area (Å²) in [6.45, 7) is 0. The van der Waals surface area contributed by atoms with Crippen LogP contribution in [0.2, 0.25) is 0 Å². The number of carbonyl (C=O) groups excluding carboxylic acids is 2. The number of hydrogen-bond acceptors (Lipinski definition) is 4.